The van der Waals surface area contributed by atoms with Gasteiger partial charge in [0.1, 0.15) is 11.4 Å². The number of amides is 2. The Morgan fingerprint density at radius 3 is 1.98 bits per heavy atom. The van der Waals surface area contributed by atoms with Gasteiger partial charge in [0, 0.05) is 17.3 Å². The van der Waals surface area contributed by atoms with Gasteiger partial charge in [-0.1, -0.05) is 19.9 Å². The number of rotatable bonds is 17. The number of hydrogen-bond donors (Lipinski definition) is 4. The van der Waals surface area contributed by atoms with E-state index in [0.29, 0.717) is 24.9 Å². The first-order valence-electron chi connectivity index (χ1n) is 15.4. The van der Waals surface area contributed by atoms with Crippen molar-refractivity contribution in [2.45, 2.75) is 52.9 Å². The molecule has 0 aliphatic heterocycles. The lowest BCUT2D eigenvalue weighted by Crippen LogP contribution is -2.26. The summed E-state index contributed by atoms with van der Waals surface area (Å²) in [6, 6.07) is 9.96. The molecule has 0 aliphatic carbocycles. The van der Waals surface area contributed by atoms with Crippen molar-refractivity contribution in [1.82, 2.24) is 0 Å². The molecule has 0 saturated carbocycles. The smallest absolute Gasteiger partial charge is 0.340 e. The number of carboxylic acid groups (broad SMARTS) is 1. The van der Waals surface area contributed by atoms with E-state index in [9.17, 15) is 39.0 Å². The van der Waals surface area contributed by atoms with Crippen molar-refractivity contribution in [2.75, 3.05) is 32.0 Å². The van der Waals surface area contributed by atoms with Crippen molar-refractivity contribution in [2.24, 2.45) is 28.0 Å². The number of esters is 3. The zero-order valence-corrected chi connectivity index (χ0v) is 28.3. The fourth-order valence-corrected chi connectivity index (χ4v) is 4.72. The summed E-state index contributed by atoms with van der Waals surface area (Å²) in [6.45, 7) is 4.65. The summed E-state index contributed by atoms with van der Waals surface area (Å²) in [5, 5.41) is 32.8. The van der Waals surface area contributed by atoms with Crippen LogP contribution in [-0.2, 0) is 33.4 Å². The molecule has 264 valence electrons. The van der Waals surface area contributed by atoms with E-state index in [2.05, 4.69) is 20.9 Å². The molecule has 2 rings (SSSR count). The van der Waals surface area contributed by atoms with Crippen molar-refractivity contribution in [3.05, 3.63) is 65.0 Å². The fourth-order valence-electron chi connectivity index (χ4n) is 4.72. The lowest BCUT2D eigenvalue weighted by molar-refractivity contribution is -0.145. The number of benzene rings is 2. The summed E-state index contributed by atoms with van der Waals surface area (Å²) in [5.41, 5.74) is -0.135. The van der Waals surface area contributed by atoms with Crippen LogP contribution < -0.4 is 10.6 Å². The van der Waals surface area contributed by atoms with E-state index in [-0.39, 0.29) is 35.3 Å². The van der Waals surface area contributed by atoms with Gasteiger partial charge in [0.05, 0.1) is 44.3 Å². The predicted molar refractivity (Wildman–Crippen MR) is 177 cm³/mol. The first-order valence-corrected chi connectivity index (χ1v) is 15.4. The van der Waals surface area contributed by atoms with Gasteiger partial charge >= 0.3 is 23.9 Å². The van der Waals surface area contributed by atoms with Gasteiger partial charge in [-0.25, -0.2) is 9.59 Å². The molecule has 0 spiro atoms. The number of carbonyl (C=O) groups excluding carboxylic acids is 5. The molecule has 0 aliphatic rings. The second kappa shape index (κ2) is 19.3. The predicted octanol–water partition coefficient (Wildman–Crippen LogP) is 5.81. The van der Waals surface area contributed by atoms with E-state index in [4.69, 9.17) is 14.2 Å². The molecule has 0 heterocycles. The Morgan fingerprint density at radius 2 is 1.41 bits per heavy atom. The van der Waals surface area contributed by atoms with Crippen molar-refractivity contribution < 1.29 is 53.2 Å². The molecule has 2 aromatic carbocycles. The maximum atomic E-state index is 13.4. The van der Waals surface area contributed by atoms with Gasteiger partial charge in [0.25, 0.3) is 5.91 Å². The second-order valence-electron chi connectivity index (χ2n) is 11.1. The Balaban J connectivity index is 2.27. The molecule has 3 unspecified atom stereocenters. The van der Waals surface area contributed by atoms with E-state index in [0.717, 1.165) is 7.11 Å². The van der Waals surface area contributed by atoms with Crippen LogP contribution >= 0.6 is 0 Å². The number of ether oxygens (including phenoxy) is 3. The largest absolute Gasteiger partial charge is 0.510 e. The molecule has 49 heavy (non-hydrogen) atoms. The van der Waals surface area contributed by atoms with Crippen LogP contribution in [0.3, 0.4) is 0 Å². The number of carbonyl (C=O) groups is 6. The highest BCUT2D eigenvalue weighted by Gasteiger charge is 2.25. The van der Waals surface area contributed by atoms with Crippen molar-refractivity contribution in [1.29, 1.82) is 0 Å². The first kappa shape index (κ1) is 39.6. The van der Waals surface area contributed by atoms with Crippen molar-refractivity contribution >= 4 is 52.8 Å². The first-order chi connectivity index (χ1) is 23.3. The summed E-state index contributed by atoms with van der Waals surface area (Å²) >= 11 is 0. The average molecular weight is 683 g/mol. The highest BCUT2D eigenvalue weighted by molar-refractivity contribution is 6.04. The third-order valence-electron chi connectivity index (χ3n) is 7.66. The topological polar surface area (TPSA) is 219 Å². The fraction of sp³-hybridized carbons (Fsp3) is 0.412. The van der Waals surface area contributed by atoms with E-state index in [1.165, 1.54) is 51.5 Å². The van der Waals surface area contributed by atoms with E-state index in [1.54, 1.807) is 26.0 Å². The molecule has 2 amide bonds. The normalized spacial score (nSPS) is 13.3. The van der Waals surface area contributed by atoms with Gasteiger partial charge < -0.3 is 35.1 Å². The molecular formula is C34H42N4O11. The number of aliphatic hydroxyl groups excluding tert-OH is 1. The lowest BCUT2D eigenvalue weighted by atomic mass is 9.88. The lowest BCUT2D eigenvalue weighted by Gasteiger charge is -2.20. The van der Waals surface area contributed by atoms with Crippen LogP contribution in [0, 0.1) is 17.8 Å². The van der Waals surface area contributed by atoms with E-state index in [1.807, 2.05) is 0 Å². The van der Waals surface area contributed by atoms with Crippen LogP contribution in [0.25, 0.3) is 0 Å². The SMILES string of the molecule is CCC(CCC(CCC(C)C(=O)OC)C(=O)Nc1cccc(NC(=O)C(N=Nc2cc(C(=O)OC)ccc2C(=O)OC)=C(C)O)c1)C(=O)O. The Labute approximate surface area is 283 Å². The van der Waals surface area contributed by atoms with Crippen LogP contribution in [0.4, 0.5) is 17.1 Å². The molecule has 15 heteroatoms. The zero-order chi connectivity index (χ0) is 36.7. The maximum Gasteiger partial charge on any atom is 0.340 e. The number of aliphatic hydroxyl groups is 1. The van der Waals surface area contributed by atoms with Gasteiger partial charge in [-0.05, 0) is 75.4 Å². The number of nitrogens with zero attached hydrogens (tertiary/aromatic N) is 2. The summed E-state index contributed by atoms with van der Waals surface area (Å²) < 4.78 is 14.2. The highest BCUT2D eigenvalue weighted by atomic mass is 16.5. The second-order valence-corrected chi connectivity index (χ2v) is 11.1. The molecule has 0 saturated heterocycles. The molecular weight excluding hydrogens is 640 g/mol. The standard InChI is InChI=1S/C34H42N4O11/c1-7-21(31(42)43)13-14-22(12-11-19(2)32(44)47-4)29(40)35-24-9-8-10-25(18-24)36-30(41)28(20(3)39)38-37-27-17-23(33(45)48-5)15-16-26(27)34(46)49-6/h8-10,15-19,21-22,39H,7,11-14H2,1-6H3,(H,35,40)(H,36,41)(H,42,43). The Bertz CT molecular complexity index is 1600. The third-order valence-corrected chi connectivity index (χ3v) is 7.66. The molecule has 0 aromatic heterocycles. The number of azo groups is 1. The van der Waals surface area contributed by atoms with Gasteiger partial charge in [0.15, 0.2) is 5.70 Å². The van der Waals surface area contributed by atoms with Gasteiger partial charge in [-0.3, -0.25) is 19.2 Å². The summed E-state index contributed by atoms with van der Waals surface area (Å²) in [7, 11) is 3.61. The number of carboxylic acids is 1. The average Bonchev–Trinajstić information content (AvgIpc) is 3.08. The van der Waals surface area contributed by atoms with Crippen LogP contribution in [0.2, 0.25) is 0 Å². The van der Waals surface area contributed by atoms with Crippen LogP contribution in [0.15, 0.2) is 64.1 Å². The van der Waals surface area contributed by atoms with Crippen molar-refractivity contribution in [3.63, 3.8) is 0 Å². The summed E-state index contributed by atoms with van der Waals surface area (Å²) in [5.74, 6) is -6.33. The van der Waals surface area contributed by atoms with Crippen molar-refractivity contribution in [3.8, 4) is 0 Å². The number of allylic oxidation sites excluding steroid dienone is 1. The third kappa shape index (κ3) is 11.9. The minimum absolute atomic E-state index is 0.0472. The molecule has 4 N–H and O–H groups in total. The van der Waals surface area contributed by atoms with E-state index < -0.39 is 64.9 Å². The number of methoxy groups -OCH3 is 3. The molecule has 3 atom stereocenters. The Kier molecular flexibility index (Phi) is 15.6. The quantitative estimate of drug-likeness (QED) is 0.0513. The summed E-state index contributed by atoms with van der Waals surface area (Å²) in [6.07, 6.45) is 1.60. The number of nitrogens with one attached hydrogen (secondary N) is 2. The number of hydrogen-bond acceptors (Lipinski definition) is 12. The van der Waals surface area contributed by atoms with Gasteiger partial charge in [-0.15, -0.1) is 10.2 Å². The Hall–Kier alpha value is -5.60. The molecule has 0 fully saturated rings. The summed E-state index contributed by atoms with van der Waals surface area (Å²) in [4.78, 5) is 74.3. The van der Waals surface area contributed by atoms with Crippen LogP contribution in [-0.4, -0.2) is 67.2 Å². The van der Waals surface area contributed by atoms with Crippen LogP contribution in [0.5, 0.6) is 0 Å². The number of anilines is 2. The zero-order valence-electron chi connectivity index (χ0n) is 28.3. The molecule has 15 nitrogen and oxygen atoms in total. The maximum absolute atomic E-state index is 13.4. The highest BCUT2D eigenvalue weighted by Crippen LogP contribution is 2.27. The molecule has 0 radical (unpaired) electrons. The molecule has 0 bridgehead atoms. The van der Waals surface area contributed by atoms with E-state index >= 15 is 0 Å². The monoisotopic (exact) mass is 682 g/mol. The van der Waals surface area contributed by atoms with Gasteiger partial charge in [0.2, 0.25) is 5.91 Å². The molecule has 2 aromatic rings. The van der Waals surface area contributed by atoms with Crippen LogP contribution in [0.1, 0.15) is 73.6 Å². The van der Waals surface area contributed by atoms with Gasteiger partial charge in [-0.2, -0.15) is 0 Å². The minimum atomic E-state index is -0.947. The minimum Gasteiger partial charge on any atom is -0.510 e. The number of aliphatic carboxylic acids is 1. The Morgan fingerprint density at radius 1 is 0.796 bits per heavy atom.